The van der Waals surface area contributed by atoms with E-state index in [9.17, 15) is 9.90 Å². The van der Waals surface area contributed by atoms with Crippen LogP contribution in [0.1, 0.15) is 103 Å². The van der Waals surface area contributed by atoms with Crippen LogP contribution < -0.4 is 5.32 Å². The summed E-state index contributed by atoms with van der Waals surface area (Å²) in [5.74, 6) is 0.0763. The van der Waals surface area contributed by atoms with Crippen molar-refractivity contribution >= 4 is 5.91 Å². The van der Waals surface area contributed by atoms with Gasteiger partial charge in [-0.05, 0) is 38.5 Å². The Bertz CT molecular complexity index is 432. The van der Waals surface area contributed by atoms with E-state index in [0.29, 0.717) is 39.0 Å². The number of aliphatic hydroxyl groups excluding tert-OH is 3. The fourth-order valence-corrected chi connectivity index (χ4v) is 3.74. The van der Waals surface area contributed by atoms with Gasteiger partial charge in [0.25, 0.3) is 0 Å². The normalized spacial score (nSPS) is 12.7. The van der Waals surface area contributed by atoms with Crippen LogP contribution in [0.5, 0.6) is 0 Å². The van der Waals surface area contributed by atoms with E-state index in [1.807, 2.05) is 4.90 Å². The topological polar surface area (TPSA) is 93.0 Å². The first-order chi connectivity index (χ1) is 15.6. The second-order valence-electron chi connectivity index (χ2n) is 8.90. The van der Waals surface area contributed by atoms with E-state index in [-0.39, 0.29) is 19.1 Å². The summed E-state index contributed by atoms with van der Waals surface area (Å²) in [4.78, 5) is 13.9. The van der Waals surface area contributed by atoms with Crippen molar-refractivity contribution < 1.29 is 20.1 Å². The van der Waals surface area contributed by atoms with Crippen LogP contribution in [0, 0.1) is 0 Å². The van der Waals surface area contributed by atoms with E-state index < -0.39 is 6.10 Å². The number of hydrogen-bond donors (Lipinski definition) is 4. The Hall–Kier alpha value is -0.950. The third kappa shape index (κ3) is 22.3. The zero-order chi connectivity index (χ0) is 23.7. The van der Waals surface area contributed by atoms with Gasteiger partial charge >= 0.3 is 0 Å². The highest BCUT2D eigenvalue weighted by molar-refractivity contribution is 5.75. The molecule has 0 aliphatic heterocycles. The summed E-state index contributed by atoms with van der Waals surface area (Å²) in [7, 11) is 0. The van der Waals surface area contributed by atoms with Crippen LogP contribution in [-0.4, -0.2) is 71.6 Å². The fourth-order valence-electron chi connectivity index (χ4n) is 3.74. The Kier molecular flexibility index (Phi) is 24.0. The highest BCUT2D eigenvalue weighted by atomic mass is 16.3. The predicted molar refractivity (Wildman–Crippen MR) is 134 cm³/mol. The largest absolute Gasteiger partial charge is 0.396 e. The molecule has 0 aromatic carbocycles. The van der Waals surface area contributed by atoms with E-state index >= 15 is 0 Å². The van der Waals surface area contributed by atoms with Crippen molar-refractivity contribution in [3.05, 3.63) is 12.2 Å². The average Bonchev–Trinajstić information content (AvgIpc) is 2.79. The third-order valence-electron chi connectivity index (χ3n) is 5.73. The summed E-state index contributed by atoms with van der Waals surface area (Å²) < 4.78 is 0. The zero-order valence-electron chi connectivity index (χ0n) is 20.8. The smallest absolute Gasteiger partial charge is 0.220 e. The highest BCUT2D eigenvalue weighted by Gasteiger charge is 2.11. The molecule has 32 heavy (non-hydrogen) atoms. The van der Waals surface area contributed by atoms with Gasteiger partial charge in [0.1, 0.15) is 0 Å². The first kappa shape index (κ1) is 31.0. The van der Waals surface area contributed by atoms with Crippen LogP contribution >= 0.6 is 0 Å². The fraction of sp³-hybridized carbons (Fsp3) is 0.885. The number of carbonyl (C=O) groups excluding carboxylic acids is 1. The van der Waals surface area contributed by atoms with Gasteiger partial charge in [0, 0.05) is 39.2 Å². The molecule has 1 unspecified atom stereocenters. The molecule has 0 spiro atoms. The monoisotopic (exact) mass is 456 g/mol. The van der Waals surface area contributed by atoms with Gasteiger partial charge < -0.3 is 20.6 Å². The minimum Gasteiger partial charge on any atom is -0.396 e. The van der Waals surface area contributed by atoms with E-state index in [1.165, 1.54) is 70.6 Å². The van der Waals surface area contributed by atoms with Crippen LogP contribution in [0.3, 0.4) is 0 Å². The average molecular weight is 457 g/mol. The summed E-state index contributed by atoms with van der Waals surface area (Å²) in [6.45, 7) is 4.18. The van der Waals surface area contributed by atoms with Crippen molar-refractivity contribution in [1.29, 1.82) is 0 Å². The highest BCUT2D eigenvalue weighted by Crippen LogP contribution is 2.10. The lowest BCUT2D eigenvalue weighted by Crippen LogP contribution is -2.40. The maximum absolute atomic E-state index is 12.0. The molecule has 0 aromatic heterocycles. The lowest BCUT2D eigenvalue weighted by molar-refractivity contribution is -0.121. The van der Waals surface area contributed by atoms with E-state index in [1.54, 1.807) is 0 Å². The number of carbonyl (C=O) groups is 1. The number of allylic oxidation sites excluding steroid dienone is 2. The molecule has 0 saturated carbocycles. The summed E-state index contributed by atoms with van der Waals surface area (Å²) in [6, 6.07) is 0. The first-order valence-corrected chi connectivity index (χ1v) is 13.2. The van der Waals surface area contributed by atoms with Gasteiger partial charge in [0.2, 0.25) is 5.91 Å². The van der Waals surface area contributed by atoms with Gasteiger partial charge in [-0.1, -0.05) is 70.4 Å². The summed E-state index contributed by atoms with van der Waals surface area (Å²) in [5, 5.41) is 30.5. The lowest BCUT2D eigenvalue weighted by atomic mass is 10.1. The van der Waals surface area contributed by atoms with Gasteiger partial charge in [-0.25, -0.2) is 0 Å². The van der Waals surface area contributed by atoms with E-state index in [4.69, 9.17) is 10.2 Å². The summed E-state index contributed by atoms with van der Waals surface area (Å²) in [6.07, 6.45) is 21.3. The number of rotatable bonds is 24. The molecule has 6 heteroatoms. The molecular formula is C26H52N2O4. The molecule has 0 heterocycles. The molecule has 6 nitrogen and oxygen atoms in total. The zero-order valence-corrected chi connectivity index (χ0v) is 20.8. The molecule has 0 radical (unpaired) electrons. The van der Waals surface area contributed by atoms with Gasteiger partial charge in [-0.15, -0.1) is 0 Å². The minimum absolute atomic E-state index is 0.0763. The van der Waals surface area contributed by atoms with E-state index in [2.05, 4.69) is 24.4 Å². The maximum atomic E-state index is 12.0. The van der Waals surface area contributed by atoms with Crippen molar-refractivity contribution in [1.82, 2.24) is 10.2 Å². The molecular weight excluding hydrogens is 404 g/mol. The third-order valence-corrected chi connectivity index (χ3v) is 5.73. The molecule has 0 fully saturated rings. The Morgan fingerprint density at radius 1 is 0.844 bits per heavy atom. The van der Waals surface area contributed by atoms with Gasteiger partial charge in [-0.3, -0.25) is 9.69 Å². The van der Waals surface area contributed by atoms with Crippen LogP contribution in [-0.2, 0) is 4.79 Å². The van der Waals surface area contributed by atoms with Crippen molar-refractivity contribution in [2.45, 2.75) is 109 Å². The number of amides is 1. The van der Waals surface area contributed by atoms with Gasteiger partial charge in [-0.2, -0.15) is 0 Å². The van der Waals surface area contributed by atoms with Gasteiger partial charge in [0.15, 0.2) is 0 Å². The molecule has 0 aromatic rings. The van der Waals surface area contributed by atoms with Crippen molar-refractivity contribution in [2.24, 2.45) is 0 Å². The van der Waals surface area contributed by atoms with Crippen molar-refractivity contribution in [2.75, 3.05) is 39.4 Å². The summed E-state index contributed by atoms with van der Waals surface area (Å²) >= 11 is 0. The number of unbranched alkanes of at least 4 members (excludes halogenated alkanes) is 11. The summed E-state index contributed by atoms with van der Waals surface area (Å²) in [5.41, 5.74) is 0. The predicted octanol–water partition coefficient (Wildman–Crippen LogP) is 4.18. The second kappa shape index (κ2) is 24.7. The molecule has 0 bridgehead atoms. The molecule has 4 N–H and O–H groups in total. The molecule has 190 valence electrons. The van der Waals surface area contributed by atoms with Crippen molar-refractivity contribution in [3.63, 3.8) is 0 Å². The number of hydrogen-bond acceptors (Lipinski definition) is 5. The molecule has 1 atom stereocenters. The maximum Gasteiger partial charge on any atom is 0.220 e. The van der Waals surface area contributed by atoms with Gasteiger partial charge in [0.05, 0.1) is 12.7 Å². The number of aliphatic hydroxyl groups is 3. The molecule has 0 saturated heterocycles. The van der Waals surface area contributed by atoms with Crippen LogP contribution in [0.15, 0.2) is 12.2 Å². The SMILES string of the molecule is CCCCCCCC/C=C\CCCCCCCC(=O)NCCN(CCCO)CC(O)CO. The Morgan fingerprint density at radius 3 is 2.03 bits per heavy atom. The molecule has 0 aliphatic rings. The quantitative estimate of drug-likeness (QED) is 0.129. The standard InChI is InChI=1S/C26H52N2O4/c1-2-3-4-5-6-7-8-9-10-11-12-13-14-15-16-18-26(32)27-19-21-28(20-17-22-29)23-25(31)24-30/h9-10,25,29-31H,2-8,11-24H2,1H3,(H,27,32)/b10-9-. The van der Waals surface area contributed by atoms with Crippen LogP contribution in [0.4, 0.5) is 0 Å². The van der Waals surface area contributed by atoms with Crippen LogP contribution in [0.2, 0.25) is 0 Å². The molecule has 0 aliphatic carbocycles. The number of nitrogens with one attached hydrogen (secondary N) is 1. The molecule has 0 rings (SSSR count). The number of nitrogens with zero attached hydrogens (tertiary/aromatic N) is 1. The van der Waals surface area contributed by atoms with Crippen molar-refractivity contribution in [3.8, 4) is 0 Å². The Labute approximate surface area is 197 Å². The van der Waals surface area contributed by atoms with E-state index in [0.717, 1.165) is 12.8 Å². The Morgan fingerprint density at radius 2 is 1.44 bits per heavy atom. The van der Waals surface area contributed by atoms with Crippen LogP contribution in [0.25, 0.3) is 0 Å². The first-order valence-electron chi connectivity index (χ1n) is 13.2. The lowest BCUT2D eigenvalue weighted by Gasteiger charge is -2.24. The minimum atomic E-state index is -0.791. The second-order valence-corrected chi connectivity index (χ2v) is 8.90. The Balaban J connectivity index is 3.54. The molecule has 1 amide bonds.